The van der Waals surface area contributed by atoms with Gasteiger partial charge in [0, 0.05) is 13.1 Å². The molecular weight excluding hydrogens is 238 g/mol. The highest BCUT2D eigenvalue weighted by molar-refractivity contribution is 7.89. The van der Waals surface area contributed by atoms with Gasteiger partial charge in [-0.2, -0.15) is 0 Å². The molecule has 90 valence electrons. The Bertz CT molecular complexity index is 463. The van der Waals surface area contributed by atoms with Crippen LogP contribution in [0, 0.1) is 11.6 Å². The molecule has 0 fully saturated rings. The molecule has 7 heteroatoms. The zero-order chi connectivity index (χ0) is 12.2. The molecule has 16 heavy (non-hydrogen) atoms. The molecule has 0 radical (unpaired) electrons. The van der Waals surface area contributed by atoms with E-state index >= 15 is 0 Å². The van der Waals surface area contributed by atoms with E-state index in [4.69, 9.17) is 0 Å². The monoisotopic (exact) mass is 250 g/mol. The van der Waals surface area contributed by atoms with Crippen LogP contribution in [0.1, 0.15) is 0 Å². The van der Waals surface area contributed by atoms with E-state index in [-0.39, 0.29) is 6.54 Å². The van der Waals surface area contributed by atoms with Gasteiger partial charge in [0.05, 0.1) is 0 Å². The van der Waals surface area contributed by atoms with Gasteiger partial charge < -0.3 is 5.32 Å². The van der Waals surface area contributed by atoms with Crippen LogP contribution in [-0.2, 0) is 10.0 Å². The van der Waals surface area contributed by atoms with Crippen molar-refractivity contribution in [3.63, 3.8) is 0 Å². The minimum absolute atomic E-state index is 0.106. The van der Waals surface area contributed by atoms with Gasteiger partial charge in [-0.1, -0.05) is 0 Å². The molecule has 0 aromatic heterocycles. The summed E-state index contributed by atoms with van der Waals surface area (Å²) in [7, 11) is -2.34. The fraction of sp³-hybridized carbons (Fsp3) is 0.333. The van der Waals surface area contributed by atoms with Gasteiger partial charge in [0.15, 0.2) is 0 Å². The number of rotatable bonds is 5. The van der Waals surface area contributed by atoms with Gasteiger partial charge in [-0.05, 0) is 25.2 Å². The van der Waals surface area contributed by atoms with E-state index in [9.17, 15) is 17.2 Å². The lowest BCUT2D eigenvalue weighted by atomic mass is 10.3. The summed E-state index contributed by atoms with van der Waals surface area (Å²) in [5, 5.41) is 2.72. The summed E-state index contributed by atoms with van der Waals surface area (Å²) >= 11 is 0. The van der Waals surface area contributed by atoms with Crippen LogP contribution in [0.3, 0.4) is 0 Å². The van der Waals surface area contributed by atoms with Gasteiger partial charge in [0.2, 0.25) is 10.0 Å². The predicted octanol–water partition coefficient (Wildman–Crippen LogP) is 0.462. The zero-order valence-electron chi connectivity index (χ0n) is 8.63. The maximum absolute atomic E-state index is 13.2. The van der Waals surface area contributed by atoms with E-state index in [0.717, 1.165) is 12.1 Å². The SMILES string of the molecule is CNCCNS(=O)(=O)c1cc(F)ccc1F. The van der Waals surface area contributed by atoms with Crippen molar-refractivity contribution in [1.29, 1.82) is 0 Å². The molecule has 0 aliphatic heterocycles. The molecule has 0 unspecified atom stereocenters. The third kappa shape index (κ3) is 3.22. The fourth-order valence-corrected chi connectivity index (χ4v) is 2.19. The third-order valence-electron chi connectivity index (χ3n) is 1.85. The molecule has 0 saturated heterocycles. The topological polar surface area (TPSA) is 58.2 Å². The average Bonchev–Trinajstić information content (AvgIpc) is 2.22. The van der Waals surface area contributed by atoms with Crippen molar-refractivity contribution in [1.82, 2.24) is 10.0 Å². The molecule has 1 aromatic carbocycles. The minimum Gasteiger partial charge on any atom is -0.318 e. The van der Waals surface area contributed by atoms with Gasteiger partial charge >= 0.3 is 0 Å². The molecule has 0 heterocycles. The van der Waals surface area contributed by atoms with Crippen molar-refractivity contribution in [3.05, 3.63) is 29.8 Å². The van der Waals surface area contributed by atoms with Crippen LogP contribution in [0.15, 0.2) is 23.1 Å². The highest BCUT2D eigenvalue weighted by Crippen LogP contribution is 2.15. The Kier molecular flexibility index (Phi) is 4.34. The second kappa shape index (κ2) is 5.33. The molecule has 1 rings (SSSR count). The summed E-state index contributed by atoms with van der Waals surface area (Å²) in [5.74, 6) is -1.77. The summed E-state index contributed by atoms with van der Waals surface area (Å²) in [5.41, 5.74) is 0. The molecule has 0 aliphatic carbocycles. The van der Waals surface area contributed by atoms with E-state index in [2.05, 4.69) is 10.0 Å². The van der Waals surface area contributed by atoms with Crippen LogP contribution in [0.4, 0.5) is 8.78 Å². The summed E-state index contributed by atoms with van der Waals surface area (Å²) in [4.78, 5) is -0.677. The third-order valence-corrected chi connectivity index (χ3v) is 3.33. The normalized spacial score (nSPS) is 11.7. The summed E-state index contributed by atoms with van der Waals surface area (Å²) in [6, 6.07) is 2.29. The van der Waals surface area contributed by atoms with Gasteiger partial charge in [0.1, 0.15) is 16.5 Å². The molecule has 0 bridgehead atoms. The molecule has 1 aromatic rings. The number of sulfonamides is 1. The van der Waals surface area contributed by atoms with Gasteiger partial charge in [-0.25, -0.2) is 21.9 Å². The Morgan fingerprint density at radius 3 is 2.56 bits per heavy atom. The second-order valence-electron chi connectivity index (χ2n) is 3.08. The molecule has 0 spiro atoms. The first kappa shape index (κ1) is 13.0. The lowest BCUT2D eigenvalue weighted by Gasteiger charge is -2.07. The van der Waals surface area contributed by atoms with E-state index in [1.165, 1.54) is 0 Å². The lowest BCUT2D eigenvalue weighted by molar-refractivity contribution is 0.545. The molecule has 2 N–H and O–H groups in total. The Hall–Kier alpha value is -1.05. The standard InChI is InChI=1S/C9H12F2N2O2S/c1-12-4-5-13-16(14,15)9-6-7(10)2-3-8(9)11/h2-3,6,12-13H,4-5H2,1H3. The quantitative estimate of drug-likeness (QED) is 0.747. The Labute approximate surface area is 92.7 Å². The maximum Gasteiger partial charge on any atom is 0.243 e. The van der Waals surface area contributed by atoms with Crippen LogP contribution < -0.4 is 10.0 Å². The van der Waals surface area contributed by atoms with Crippen LogP contribution in [0.5, 0.6) is 0 Å². The highest BCUT2D eigenvalue weighted by atomic mass is 32.2. The van der Waals surface area contributed by atoms with Gasteiger partial charge in [-0.3, -0.25) is 0 Å². The van der Waals surface area contributed by atoms with Crippen molar-refractivity contribution >= 4 is 10.0 Å². The number of hydrogen-bond acceptors (Lipinski definition) is 3. The average molecular weight is 250 g/mol. The Morgan fingerprint density at radius 2 is 1.94 bits per heavy atom. The van der Waals surface area contributed by atoms with Gasteiger partial charge in [0.25, 0.3) is 0 Å². The first-order chi connectivity index (χ1) is 7.47. The van der Waals surface area contributed by atoms with Crippen molar-refractivity contribution in [2.24, 2.45) is 0 Å². The van der Waals surface area contributed by atoms with Crippen molar-refractivity contribution in [2.45, 2.75) is 4.90 Å². The van der Waals surface area contributed by atoms with E-state index in [0.29, 0.717) is 12.6 Å². The minimum atomic E-state index is -3.99. The molecule has 0 saturated carbocycles. The number of hydrogen-bond donors (Lipinski definition) is 2. The fourth-order valence-electron chi connectivity index (χ4n) is 1.07. The van der Waals surface area contributed by atoms with E-state index in [1.54, 1.807) is 7.05 Å². The molecule has 4 nitrogen and oxygen atoms in total. The van der Waals surface area contributed by atoms with Crippen LogP contribution in [0.2, 0.25) is 0 Å². The van der Waals surface area contributed by atoms with Crippen molar-refractivity contribution < 1.29 is 17.2 Å². The first-order valence-electron chi connectivity index (χ1n) is 4.56. The van der Waals surface area contributed by atoms with Crippen LogP contribution >= 0.6 is 0 Å². The molecule has 0 aliphatic rings. The predicted molar refractivity (Wildman–Crippen MR) is 55.5 cm³/mol. The highest BCUT2D eigenvalue weighted by Gasteiger charge is 2.18. The number of nitrogens with one attached hydrogen (secondary N) is 2. The maximum atomic E-state index is 13.2. The lowest BCUT2D eigenvalue weighted by Crippen LogP contribution is -2.31. The van der Waals surface area contributed by atoms with Crippen molar-refractivity contribution in [3.8, 4) is 0 Å². The molecule has 0 amide bonds. The van der Waals surface area contributed by atoms with Crippen LogP contribution in [0.25, 0.3) is 0 Å². The first-order valence-corrected chi connectivity index (χ1v) is 6.05. The number of halogens is 2. The molecule has 0 atom stereocenters. The number of benzene rings is 1. The van der Waals surface area contributed by atoms with Crippen molar-refractivity contribution in [2.75, 3.05) is 20.1 Å². The summed E-state index contributed by atoms with van der Waals surface area (Å²) in [6.07, 6.45) is 0. The summed E-state index contributed by atoms with van der Waals surface area (Å²) in [6.45, 7) is 0.505. The number of likely N-dealkylation sites (N-methyl/N-ethyl adjacent to an activating group) is 1. The Morgan fingerprint density at radius 1 is 1.25 bits per heavy atom. The molecular formula is C9H12F2N2O2S. The summed E-state index contributed by atoms with van der Waals surface area (Å²) < 4.78 is 51.2. The van der Waals surface area contributed by atoms with Gasteiger partial charge in [-0.15, -0.1) is 0 Å². The zero-order valence-corrected chi connectivity index (χ0v) is 9.44. The van der Waals surface area contributed by atoms with E-state index in [1.807, 2.05) is 0 Å². The van der Waals surface area contributed by atoms with Crippen LogP contribution in [-0.4, -0.2) is 28.6 Å². The van der Waals surface area contributed by atoms with E-state index < -0.39 is 26.6 Å². The largest absolute Gasteiger partial charge is 0.318 e. The smallest absolute Gasteiger partial charge is 0.243 e. The second-order valence-corrected chi connectivity index (χ2v) is 4.81. The Balaban J connectivity index is 2.93.